The molecule has 1 rings (SSSR count). The summed E-state index contributed by atoms with van der Waals surface area (Å²) in [4.78, 5) is 22.4. The van der Waals surface area contributed by atoms with Gasteiger partial charge in [-0.2, -0.15) is 0 Å². The molecular formula is C10H14N2O3. The van der Waals surface area contributed by atoms with Gasteiger partial charge in [-0.15, -0.1) is 0 Å². The summed E-state index contributed by atoms with van der Waals surface area (Å²) in [6.45, 7) is 3.45. The number of aryl methyl sites for hydroxylation is 2. The molecule has 0 spiro atoms. The second-order valence-corrected chi connectivity index (χ2v) is 3.18. The predicted octanol–water partition coefficient (Wildman–Crippen LogP) is 0.372. The zero-order valence-electron chi connectivity index (χ0n) is 9.01. The van der Waals surface area contributed by atoms with Crippen LogP contribution in [0.2, 0.25) is 0 Å². The van der Waals surface area contributed by atoms with Crippen LogP contribution in [0.1, 0.15) is 21.9 Å². The Kier molecular flexibility index (Phi) is 3.49. The summed E-state index contributed by atoms with van der Waals surface area (Å²) in [5, 5.41) is 4.91. The second kappa shape index (κ2) is 4.63. The molecule has 0 aromatic carbocycles. The smallest absolute Gasteiger partial charge is 0.255 e. The molecule has 1 heterocycles. The van der Waals surface area contributed by atoms with Gasteiger partial charge in [0.2, 0.25) is 5.91 Å². The molecule has 0 bridgehead atoms. The molecule has 0 unspecified atom stereocenters. The van der Waals surface area contributed by atoms with Gasteiger partial charge < -0.3 is 15.1 Å². The first-order valence-corrected chi connectivity index (χ1v) is 4.60. The zero-order chi connectivity index (χ0) is 11.4. The van der Waals surface area contributed by atoms with E-state index in [4.69, 9.17) is 4.42 Å². The predicted molar refractivity (Wildman–Crippen MR) is 54.6 cm³/mol. The highest BCUT2D eigenvalue weighted by atomic mass is 16.3. The first-order chi connectivity index (χ1) is 7.04. The van der Waals surface area contributed by atoms with E-state index in [1.165, 1.54) is 7.05 Å². The lowest BCUT2D eigenvalue weighted by molar-refractivity contribution is -0.119. The molecule has 0 saturated heterocycles. The van der Waals surface area contributed by atoms with Crippen molar-refractivity contribution in [3.8, 4) is 0 Å². The van der Waals surface area contributed by atoms with Crippen LogP contribution in [0.3, 0.4) is 0 Å². The molecule has 0 aliphatic heterocycles. The van der Waals surface area contributed by atoms with Gasteiger partial charge in [0.25, 0.3) is 5.91 Å². The minimum Gasteiger partial charge on any atom is -0.466 e. The molecule has 1 aromatic rings. The lowest BCUT2D eigenvalue weighted by Crippen LogP contribution is -2.35. The molecule has 0 radical (unpaired) electrons. The Morgan fingerprint density at radius 1 is 1.40 bits per heavy atom. The van der Waals surface area contributed by atoms with Crippen molar-refractivity contribution in [2.75, 3.05) is 13.6 Å². The van der Waals surface area contributed by atoms with Gasteiger partial charge in [0.1, 0.15) is 11.5 Å². The van der Waals surface area contributed by atoms with Gasteiger partial charge in [-0.25, -0.2) is 0 Å². The molecule has 5 heteroatoms. The van der Waals surface area contributed by atoms with E-state index in [2.05, 4.69) is 10.6 Å². The van der Waals surface area contributed by atoms with Crippen LogP contribution in [-0.2, 0) is 4.79 Å². The number of rotatable bonds is 3. The first-order valence-electron chi connectivity index (χ1n) is 4.60. The average Bonchev–Trinajstić information content (AvgIpc) is 2.53. The van der Waals surface area contributed by atoms with E-state index < -0.39 is 0 Å². The highest BCUT2D eigenvalue weighted by molar-refractivity contribution is 5.97. The van der Waals surface area contributed by atoms with E-state index in [1.807, 2.05) is 0 Å². The Bertz CT molecular complexity index is 382. The number of likely N-dealkylation sites (N-methyl/N-ethyl adjacent to an activating group) is 1. The number of carbonyl (C=O) groups is 2. The maximum atomic E-state index is 11.5. The Hall–Kier alpha value is -1.78. The van der Waals surface area contributed by atoms with Gasteiger partial charge in [-0.05, 0) is 19.9 Å². The molecule has 82 valence electrons. The summed E-state index contributed by atoms with van der Waals surface area (Å²) < 4.78 is 5.21. The van der Waals surface area contributed by atoms with Crippen LogP contribution >= 0.6 is 0 Å². The fourth-order valence-electron chi connectivity index (χ4n) is 1.20. The Morgan fingerprint density at radius 3 is 2.53 bits per heavy atom. The quantitative estimate of drug-likeness (QED) is 0.757. The summed E-state index contributed by atoms with van der Waals surface area (Å²) in [5.74, 6) is 0.702. The summed E-state index contributed by atoms with van der Waals surface area (Å²) >= 11 is 0. The topological polar surface area (TPSA) is 71.3 Å². The SMILES string of the molecule is CNC(=O)CNC(=O)c1cc(C)oc1C. The molecule has 0 aliphatic rings. The minimum absolute atomic E-state index is 0.0288. The monoisotopic (exact) mass is 210 g/mol. The maximum Gasteiger partial charge on any atom is 0.255 e. The lowest BCUT2D eigenvalue weighted by atomic mass is 10.2. The van der Waals surface area contributed by atoms with E-state index in [0.717, 1.165) is 0 Å². The van der Waals surface area contributed by atoms with Gasteiger partial charge >= 0.3 is 0 Å². The third kappa shape index (κ3) is 2.83. The van der Waals surface area contributed by atoms with Crippen molar-refractivity contribution in [1.29, 1.82) is 0 Å². The first kappa shape index (κ1) is 11.3. The Balaban J connectivity index is 2.61. The molecule has 2 amide bonds. The molecule has 15 heavy (non-hydrogen) atoms. The molecule has 0 saturated carbocycles. The number of nitrogens with one attached hydrogen (secondary N) is 2. The molecule has 0 aliphatic carbocycles. The van der Waals surface area contributed by atoms with E-state index >= 15 is 0 Å². The van der Waals surface area contributed by atoms with Crippen LogP contribution < -0.4 is 10.6 Å². The number of furan rings is 1. The third-order valence-corrected chi connectivity index (χ3v) is 1.97. The van der Waals surface area contributed by atoms with Crippen LogP contribution in [0, 0.1) is 13.8 Å². The number of hydrogen-bond donors (Lipinski definition) is 2. The number of amides is 2. The van der Waals surface area contributed by atoms with Gasteiger partial charge in [0.05, 0.1) is 12.1 Å². The second-order valence-electron chi connectivity index (χ2n) is 3.18. The standard InChI is InChI=1S/C10H14N2O3/c1-6-4-8(7(2)15-6)10(14)12-5-9(13)11-3/h4H,5H2,1-3H3,(H,11,13)(H,12,14). The summed E-state index contributed by atoms with van der Waals surface area (Å²) in [6, 6.07) is 1.65. The molecule has 2 N–H and O–H groups in total. The van der Waals surface area contributed by atoms with E-state index in [9.17, 15) is 9.59 Å². The van der Waals surface area contributed by atoms with Crippen molar-refractivity contribution in [3.63, 3.8) is 0 Å². The molecule has 5 nitrogen and oxygen atoms in total. The van der Waals surface area contributed by atoms with Crippen molar-refractivity contribution in [1.82, 2.24) is 10.6 Å². The van der Waals surface area contributed by atoms with Crippen LogP contribution in [0.4, 0.5) is 0 Å². The number of carbonyl (C=O) groups excluding carboxylic acids is 2. The van der Waals surface area contributed by atoms with Crippen molar-refractivity contribution in [2.24, 2.45) is 0 Å². The summed E-state index contributed by atoms with van der Waals surface area (Å²) in [5.41, 5.74) is 0.469. The highest BCUT2D eigenvalue weighted by Gasteiger charge is 2.13. The molecule has 0 atom stereocenters. The third-order valence-electron chi connectivity index (χ3n) is 1.97. The molecular weight excluding hydrogens is 196 g/mol. The van der Waals surface area contributed by atoms with Gasteiger partial charge in [0.15, 0.2) is 0 Å². The number of hydrogen-bond acceptors (Lipinski definition) is 3. The van der Waals surface area contributed by atoms with Crippen molar-refractivity contribution in [2.45, 2.75) is 13.8 Å². The van der Waals surface area contributed by atoms with Crippen LogP contribution in [0.15, 0.2) is 10.5 Å². The molecule has 1 aromatic heterocycles. The van der Waals surface area contributed by atoms with E-state index in [-0.39, 0.29) is 18.4 Å². The van der Waals surface area contributed by atoms with Crippen molar-refractivity contribution < 1.29 is 14.0 Å². The van der Waals surface area contributed by atoms with Crippen molar-refractivity contribution in [3.05, 3.63) is 23.2 Å². The van der Waals surface area contributed by atoms with Gasteiger partial charge in [-0.3, -0.25) is 9.59 Å². The van der Waals surface area contributed by atoms with E-state index in [1.54, 1.807) is 19.9 Å². The van der Waals surface area contributed by atoms with Gasteiger partial charge in [-0.1, -0.05) is 0 Å². The normalized spacial score (nSPS) is 9.80. The van der Waals surface area contributed by atoms with E-state index in [0.29, 0.717) is 17.1 Å². The Labute approximate surface area is 87.8 Å². The van der Waals surface area contributed by atoms with Crippen LogP contribution in [0.5, 0.6) is 0 Å². The fraction of sp³-hybridized carbons (Fsp3) is 0.400. The summed E-state index contributed by atoms with van der Waals surface area (Å²) in [7, 11) is 1.52. The highest BCUT2D eigenvalue weighted by Crippen LogP contribution is 2.12. The lowest BCUT2D eigenvalue weighted by Gasteiger charge is -2.02. The van der Waals surface area contributed by atoms with Gasteiger partial charge in [0, 0.05) is 7.05 Å². The van der Waals surface area contributed by atoms with Crippen LogP contribution in [0.25, 0.3) is 0 Å². The fourth-order valence-corrected chi connectivity index (χ4v) is 1.20. The summed E-state index contributed by atoms with van der Waals surface area (Å²) in [6.07, 6.45) is 0. The zero-order valence-corrected chi connectivity index (χ0v) is 9.01. The average molecular weight is 210 g/mol. The largest absolute Gasteiger partial charge is 0.466 e. The maximum absolute atomic E-state index is 11.5. The minimum atomic E-state index is -0.298. The molecule has 0 fully saturated rings. The Morgan fingerprint density at radius 2 is 2.07 bits per heavy atom. The van der Waals surface area contributed by atoms with Crippen molar-refractivity contribution >= 4 is 11.8 Å². The van der Waals surface area contributed by atoms with Crippen LogP contribution in [-0.4, -0.2) is 25.4 Å².